The van der Waals surface area contributed by atoms with Gasteiger partial charge in [0, 0.05) is 37.8 Å². The van der Waals surface area contributed by atoms with Crippen LogP contribution in [0.25, 0.3) is 0 Å². The van der Waals surface area contributed by atoms with Gasteiger partial charge in [-0.25, -0.2) is 9.59 Å². The van der Waals surface area contributed by atoms with Crippen molar-refractivity contribution in [3.8, 4) is 0 Å². The minimum absolute atomic E-state index is 0.0549. The summed E-state index contributed by atoms with van der Waals surface area (Å²) >= 11 is 0. The van der Waals surface area contributed by atoms with Crippen molar-refractivity contribution in [1.82, 2.24) is 21.3 Å². The second-order valence-corrected chi connectivity index (χ2v) is 13.8. The molecule has 0 heterocycles. The Hall–Kier alpha value is -4.35. The minimum atomic E-state index is -2.85. The number of carboxylic acid groups (broad SMARTS) is 1. The highest BCUT2D eigenvalue weighted by atomic mass is 16.5. The van der Waals surface area contributed by atoms with Crippen LogP contribution >= 0.6 is 0 Å². The number of esters is 2. The Balaban J connectivity index is 2.50. The lowest BCUT2D eigenvalue weighted by Crippen LogP contribution is -2.63. The summed E-state index contributed by atoms with van der Waals surface area (Å²) in [6.45, 7) is 13.5. The molecule has 6 N–H and O–H groups in total. The number of carbonyl (C=O) groups excluding carboxylic acids is 6. The molecule has 0 saturated carbocycles. The highest BCUT2D eigenvalue weighted by Gasteiger charge is 2.46. The van der Waals surface area contributed by atoms with Gasteiger partial charge in [-0.15, -0.1) is 0 Å². The van der Waals surface area contributed by atoms with Crippen molar-refractivity contribution < 1.29 is 62.7 Å². The number of aliphatic hydroxyl groups is 1. The van der Waals surface area contributed by atoms with Crippen LogP contribution in [0.3, 0.4) is 0 Å². The van der Waals surface area contributed by atoms with Gasteiger partial charge in [-0.3, -0.25) is 24.0 Å². The van der Waals surface area contributed by atoms with E-state index < -0.39 is 96.4 Å². The standard InChI is InChI=1S/C38H60N4O13/c1-9-25(10-2)54-29-17-23(35(48)52-13-5)15-27(33(29)39-21(7)43)41-31(45)19-38(51,20-32(46)47)37(50)42-28-16-24(36(49)53-14-6)18-30(34(28)40-22(8)44)55-26(11-3)12-4/h17-18,25-30,33-34,51H,9-16,19-20H2,1-8H3,(H,39,43)(H,40,44)(H,41,45)(H,42,50)(H,46,47)/t27-,28-,29+,30+,33+,34+,38+/m0/s1. The molecule has 0 unspecified atom stereocenters. The van der Waals surface area contributed by atoms with Crippen LogP contribution in [-0.4, -0.2) is 119 Å². The zero-order valence-corrected chi connectivity index (χ0v) is 33.2. The van der Waals surface area contributed by atoms with Crippen molar-refractivity contribution in [3.05, 3.63) is 23.3 Å². The van der Waals surface area contributed by atoms with Gasteiger partial charge in [0.25, 0.3) is 5.91 Å². The molecule has 17 nitrogen and oxygen atoms in total. The molecule has 2 aliphatic carbocycles. The average molecular weight is 781 g/mol. The summed E-state index contributed by atoms with van der Waals surface area (Å²) in [5.74, 6) is -6.14. The van der Waals surface area contributed by atoms with Crippen LogP contribution in [0.4, 0.5) is 0 Å². The first-order chi connectivity index (χ1) is 25.9. The Morgan fingerprint density at radius 3 is 1.42 bits per heavy atom. The van der Waals surface area contributed by atoms with E-state index in [1.807, 2.05) is 27.7 Å². The minimum Gasteiger partial charge on any atom is -0.481 e. The first-order valence-electron chi connectivity index (χ1n) is 19.1. The molecule has 0 spiro atoms. The third-order valence-corrected chi connectivity index (χ3v) is 9.50. The van der Waals surface area contributed by atoms with Crippen LogP contribution in [0.2, 0.25) is 0 Å². The molecule has 0 radical (unpaired) electrons. The fraction of sp³-hybridized carbons (Fsp3) is 0.711. The number of rotatable bonds is 21. The van der Waals surface area contributed by atoms with E-state index in [9.17, 15) is 43.8 Å². The van der Waals surface area contributed by atoms with Crippen molar-refractivity contribution in [2.24, 2.45) is 0 Å². The average Bonchev–Trinajstić information content (AvgIpc) is 3.10. The third-order valence-electron chi connectivity index (χ3n) is 9.50. The molecular formula is C38H60N4O13. The van der Waals surface area contributed by atoms with Crippen molar-refractivity contribution >= 4 is 41.5 Å². The van der Waals surface area contributed by atoms with Crippen LogP contribution in [0.1, 0.15) is 107 Å². The molecule has 0 aliphatic heterocycles. The molecule has 4 amide bonds. The summed E-state index contributed by atoms with van der Waals surface area (Å²) in [5.41, 5.74) is -2.56. The lowest BCUT2D eigenvalue weighted by Gasteiger charge is -2.40. The van der Waals surface area contributed by atoms with E-state index in [4.69, 9.17) is 18.9 Å². The van der Waals surface area contributed by atoms with Crippen molar-refractivity contribution in [2.45, 2.75) is 161 Å². The Bertz CT molecular complexity index is 1440. The smallest absolute Gasteiger partial charge is 0.333 e. The van der Waals surface area contributed by atoms with Crippen LogP contribution < -0.4 is 21.3 Å². The molecule has 0 fully saturated rings. The number of hydrogen-bond acceptors (Lipinski definition) is 12. The maximum absolute atomic E-state index is 14.0. The van der Waals surface area contributed by atoms with Crippen LogP contribution in [0.5, 0.6) is 0 Å². The lowest BCUT2D eigenvalue weighted by atomic mass is 9.85. The van der Waals surface area contributed by atoms with Gasteiger partial charge in [0.15, 0.2) is 5.60 Å². The number of carbonyl (C=O) groups is 7. The van der Waals surface area contributed by atoms with Gasteiger partial charge in [-0.1, -0.05) is 27.7 Å². The molecule has 7 atom stereocenters. The Morgan fingerprint density at radius 1 is 0.673 bits per heavy atom. The normalized spacial score (nSPS) is 23.4. The van der Waals surface area contributed by atoms with E-state index in [1.54, 1.807) is 19.9 Å². The summed E-state index contributed by atoms with van der Waals surface area (Å²) in [6, 6.07) is -4.00. The van der Waals surface area contributed by atoms with E-state index in [0.29, 0.717) is 25.7 Å². The second kappa shape index (κ2) is 22.3. The van der Waals surface area contributed by atoms with Crippen LogP contribution in [0.15, 0.2) is 23.3 Å². The molecule has 17 heteroatoms. The van der Waals surface area contributed by atoms with E-state index in [-0.39, 0.29) is 49.4 Å². The van der Waals surface area contributed by atoms with Gasteiger partial charge in [-0.2, -0.15) is 0 Å². The maximum atomic E-state index is 14.0. The highest BCUT2D eigenvalue weighted by molar-refractivity contribution is 5.95. The number of amides is 4. The second-order valence-electron chi connectivity index (χ2n) is 13.8. The van der Waals surface area contributed by atoms with Gasteiger partial charge in [0.1, 0.15) is 0 Å². The van der Waals surface area contributed by atoms with Crippen molar-refractivity contribution in [2.75, 3.05) is 13.2 Å². The van der Waals surface area contributed by atoms with Crippen LogP contribution in [-0.2, 0) is 52.5 Å². The summed E-state index contributed by atoms with van der Waals surface area (Å²) in [5, 5.41) is 32.3. The number of hydrogen-bond donors (Lipinski definition) is 6. The molecule has 2 rings (SSSR count). The monoisotopic (exact) mass is 780 g/mol. The highest BCUT2D eigenvalue weighted by Crippen LogP contribution is 2.29. The summed E-state index contributed by atoms with van der Waals surface area (Å²) < 4.78 is 22.9. The van der Waals surface area contributed by atoms with Crippen molar-refractivity contribution in [3.63, 3.8) is 0 Å². The summed E-state index contributed by atoms with van der Waals surface area (Å²) in [7, 11) is 0. The molecule has 0 saturated heterocycles. The summed E-state index contributed by atoms with van der Waals surface area (Å²) in [4.78, 5) is 90.4. The Labute approximate surface area is 322 Å². The Morgan fingerprint density at radius 2 is 1.07 bits per heavy atom. The van der Waals surface area contributed by atoms with E-state index in [0.717, 1.165) is 0 Å². The number of carboxylic acids is 1. The zero-order valence-electron chi connectivity index (χ0n) is 33.2. The van der Waals surface area contributed by atoms with E-state index in [2.05, 4.69) is 21.3 Å². The van der Waals surface area contributed by atoms with Gasteiger partial charge in [0.2, 0.25) is 17.7 Å². The molecule has 0 aromatic carbocycles. The number of nitrogens with one attached hydrogen (secondary N) is 4. The third kappa shape index (κ3) is 14.0. The molecule has 0 aromatic heterocycles. The zero-order chi connectivity index (χ0) is 41.5. The van der Waals surface area contributed by atoms with Crippen molar-refractivity contribution in [1.29, 1.82) is 0 Å². The summed E-state index contributed by atoms with van der Waals surface area (Å²) in [6.07, 6.45) is 0.540. The van der Waals surface area contributed by atoms with E-state index >= 15 is 0 Å². The van der Waals surface area contributed by atoms with Gasteiger partial charge in [0.05, 0.1) is 74.6 Å². The SMILES string of the molecule is CCOC(=O)C1=C[C@@H](OC(CC)CC)[C@H](NC(C)=O)[C@@H](NC(=O)C[C@@](O)(CC(=O)O)C(=O)N[C@H]2CC(C(=O)OCC)=C[C@@H](OC(CC)CC)[C@@H]2NC(C)=O)C1. The van der Waals surface area contributed by atoms with Gasteiger partial charge < -0.3 is 50.4 Å². The van der Waals surface area contributed by atoms with Crippen LogP contribution in [0, 0.1) is 0 Å². The van der Waals surface area contributed by atoms with Gasteiger partial charge in [-0.05, 0) is 51.7 Å². The molecule has 0 aromatic rings. The first kappa shape index (κ1) is 46.8. The topological polar surface area (TPSA) is 245 Å². The molecule has 2 aliphatic rings. The quantitative estimate of drug-likeness (QED) is 0.0906. The molecule has 55 heavy (non-hydrogen) atoms. The fourth-order valence-electron chi connectivity index (χ4n) is 6.75. The Kier molecular flexibility index (Phi) is 18.9. The number of ether oxygens (including phenoxy) is 4. The molecule has 0 bridgehead atoms. The molecule has 310 valence electrons. The largest absolute Gasteiger partial charge is 0.481 e. The number of aliphatic carboxylic acids is 1. The fourth-order valence-corrected chi connectivity index (χ4v) is 6.75. The van der Waals surface area contributed by atoms with E-state index in [1.165, 1.54) is 19.9 Å². The maximum Gasteiger partial charge on any atom is 0.333 e. The predicted octanol–water partition coefficient (Wildman–Crippen LogP) is 1.50. The molecular weight excluding hydrogens is 720 g/mol. The van der Waals surface area contributed by atoms with Gasteiger partial charge >= 0.3 is 17.9 Å². The lowest BCUT2D eigenvalue weighted by molar-refractivity contribution is -0.156. The predicted molar refractivity (Wildman–Crippen MR) is 198 cm³/mol. The first-order valence-corrected chi connectivity index (χ1v) is 19.1.